The highest BCUT2D eigenvalue weighted by Crippen LogP contribution is 2.30. The molecule has 1 aromatic carbocycles. The Labute approximate surface area is 185 Å². The first-order valence-corrected chi connectivity index (χ1v) is 14.3. The van der Waals surface area contributed by atoms with Gasteiger partial charge in [-0.15, -0.1) is 0 Å². The standard InChI is InChI=1S/C23H36N2O5Si/c1-16-11-17(13-23(5,20(26)27)21(28)30-22(2,3)4)12-18-14-25(24-19(16)18)15-29-9-10-31(6,7)8/h11-12,14H,9-10,13,15H2,1-8H3,(H,26,27). The lowest BCUT2D eigenvalue weighted by Crippen LogP contribution is -2.43. The van der Waals surface area contributed by atoms with Gasteiger partial charge in [-0.25, -0.2) is 4.68 Å². The van der Waals surface area contributed by atoms with Crippen LogP contribution in [0.1, 0.15) is 38.8 Å². The molecular weight excluding hydrogens is 412 g/mol. The summed E-state index contributed by atoms with van der Waals surface area (Å²) >= 11 is 0. The molecule has 1 atom stereocenters. The topological polar surface area (TPSA) is 90.7 Å². The molecule has 8 heteroatoms. The van der Waals surface area contributed by atoms with Crippen molar-refractivity contribution in [3.8, 4) is 0 Å². The molecule has 0 bridgehead atoms. The summed E-state index contributed by atoms with van der Waals surface area (Å²) in [6, 6.07) is 4.87. The van der Waals surface area contributed by atoms with Crippen LogP contribution in [-0.4, -0.2) is 47.1 Å². The van der Waals surface area contributed by atoms with Crippen molar-refractivity contribution in [3.05, 3.63) is 29.5 Å². The van der Waals surface area contributed by atoms with E-state index in [9.17, 15) is 14.7 Å². The molecule has 7 nitrogen and oxygen atoms in total. The van der Waals surface area contributed by atoms with Crippen molar-refractivity contribution in [1.82, 2.24) is 9.78 Å². The molecule has 0 saturated heterocycles. The molecule has 0 amide bonds. The number of nitrogens with zero attached hydrogens (tertiary/aromatic N) is 2. The summed E-state index contributed by atoms with van der Waals surface area (Å²) in [5.41, 5.74) is 0.0743. The summed E-state index contributed by atoms with van der Waals surface area (Å²) in [6.07, 6.45) is 1.93. The number of carbonyl (C=O) groups is 2. The van der Waals surface area contributed by atoms with Crippen molar-refractivity contribution in [1.29, 1.82) is 0 Å². The Balaban J connectivity index is 2.22. The smallest absolute Gasteiger partial charge is 0.324 e. The molecule has 1 aromatic heterocycles. The van der Waals surface area contributed by atoms with E-state index in [0.29, 0.717) is 13.3 Å². The highest BCUT2D eigenvalue weighted by Gasteiger charge is 2.44. The van der Waals surface area contributed by atoms with Crippen molar-refractivity contribution < 1.29 is 24.2 Å². The highest BCUT2D eigenvalue weighted by atomic mass is 28.3. The van der Waals surface area contributed by atoms with Gasteiger partial charge in [0.2, 0.25) is 0 Å². The zero-order valence-corrected chi connectivity index (χ0v) is 21.0. The number of hydrogen-bond acceptors (Lipinski definition) is 5. The second kappa shape index (κ2) is 9.12. The molecule has 172 valence electrons. The largest absolute Gasteiger partial charge is 0.480 e. The van der Waals surface area contributed by atoms with E-state index in [1.54, 1.807) is 25.5 Å². The van der Waals surface area contributed by atoms with Gasteiger partial charge >= 0.3 is 11.9 Å². The molecule has 1 unspecified atom stereocenters. The molecule has 0 spiro atoms. The summed E-state index contributed by atoms with van der Waals surface area (Å²) in [4.78, 5) is 24.7. The fourth-order valence-corrected chi connectivity index (χ4v) is 3.93. The lowest BCUT2D eigenvalue weighted by Gasteiger charge is -2.28. The molecule has 1 heterocycles. The van der Waals surface area contributed by atoms with Gasteiger partial charge < -0.3 is 14.6 Å². The first-order chi connectivity index (χ1) is 14.1. The first kappa shape index (κ1) is 25.1. The summed E-state index contributed by atoms with van der Waals surface area (Å²) in [5.74, 6) is -1.94. The number of aliphatic carboxylic acids is 1. The van der Waals surface area contributed by atoms with Crippen LogP contribution in [0.2, 0.25) is 25.7 Å². The summed E-state index contributed by atoms with van der Waals surface area (Å²) in [7, 11) is -1.14. The highest BCUT2D eigenvalue weighted by molar-refractivity contribution is 6.76. The average molecular weight is 449 g/mol. The van der Waals surface area contributed by atoms with E-state index in [-0.39, 0.29) is 6.42 Å². The Bertz CT molecular complexity index is 955. The van der Waals surface area contributed by atoms with Crippen molar-refractivity contribution in [2.24, 2.45) is 5.41 Å². The number of rotatable bonds is 9. The molecule has 1 N–H and O–H groups in total. The Morgan fingerprint density at radius 2 is 1.81 bits per heavy atom. The maximum absolute atomic E-state index is 12.7. The van der Waals surface area contributed by atoms with E-state index in [1.165, 1.54) is 6.92 Å². The summed E-state index contributed by atoms with van der Waals surface area (Å²) < 4.78 is 12.9. The number of hydrogen-bond donors (Lipinski definition) is 1. The fourth-order valence-electron chi connectivity index (χ4n) is 3.18. The zero-order valence-electron chi connectivity index (χ0n) is 20.0. The van der Waals surface area contributed by atoms with E-state index in [2.05, 4.69) is 24.7 Å². The van der Waals surface area contributed by atoms with Crippen LogP contribution in [0.5, 0.6) is 0 Å². The third kappa shape index (κ3) is 6.90. The van der Waals surface area contributed by atoms with Crippen LogP contribution in [0.3, 0.4) is 0 Å². The number of carbonyl (C=O) groups excluding carboxylic acids is 1. The molecule has 0 aliphatic carbocycles. The molecule has 0 saturated carbocycles. The van der Waals surface area contributed by atoms with Gasteiger partial charge in [-0.05, 0) is 64.3 Å². The lowest BCUT2D eigenvalue weighted by atomic mass is 9.83. The first-order valence-electron chi connectivity index (χ1n) is 10.6. The van der Waals surface area contributed by atoms with Gasteiger partial charge in [0.25, 0.3) is 0 Å². The number of carboxylic acids is 1. The molecule has 2 aromatic rings. The van der Waals surface area contributed by atoms with E-state index in [4.69, 9.17) is 9.47 Å². The third-order valence-electron chi connectivity index (χ3n) is 5.01. The van der Waals surface area contributed by atoms with Crippen LogP contribution in [0.15, 0.2) is 18.3 Å². The SMILES string of the molecule is Cc1cc(CC(C)(C(=O)O)C(=O)OC(C)(C)C)cc2cn(COCC[Si](C)(C)C)nc12. The quantitative estimate of drug-likeness (QED) is 0.260. The molecule has 0 radical (unpaired) electrons. The molecular formula is C23H36N2O5Si. The molecule has 31 heavy (non-hydrogen) atoms. The number of ether oxygens (including phenoxy) is 2. The number of esters is 1. The Morgan fingerprint density at radius 3 is 2.35 bits per heavy atom. The van der Waals surface area contributed by atoms with Crippen molar-refractivity contribution >= 4 is 30.9 Å². The van der Waals surface area contributed by atoms with Gasteiger partial charge in [0.1, 0.15) is 12.3 Å². The maximum atomic E-state index is 12.7. The van der Waals surface area contributed by atoms with Gasteiger partial charge in [0, 0.05) is 26.3 Å². The van der Waals surface area contributed by atoms with E-state index in [0.717, 1.165) is 28.1 Å². The van der Waals surface area contributed by atoms with Crippen LogP contribution in [0, 0.1) is 12.3 Å². The van der Waals surface area contributed by atoms with Crippen molar-refractivity contribution in [2.75, 3.05) is 6.61 Å². The molecule has 0 fully saturated rings. The van der Waals surface area contributed by atoms with E-state index in [1.807, 2.05) is 25.3 Å². The monoisotopic (exact) mass is 448 g/mol. The van der Waals surface area contributed by atoms with Crippen molar-refractivity contribution in [2.45, 2.75) is 79.1 Å². The van der Waals surface area contributed by atoms with Crippen LogP contribution in [-0.2, 0) is 32.2 Å². The zero-order chi connectivity index (χ0) is 23.6. The second-order valence-electron chi connectivity index (χ2n) is 10.7. The fraction of sp³-hybridized carbons (Fsp3) is 0.609. The van der Waals surface area contributed by atoms with Gasteiger partial charge in [-0.2, -0.15) is 5.10 Å². The summed E-state index contributed by atoms with van der Waals surface area (Å²) in [5, 5.41) is 15.3. The molecule has 2 rings (SSSR count). The van der Waals surface area contributed by atoms with Crippen molar-refractivity contribution in [3.63, 3.8) is 0 Å². The average Bonchev–Trinajstić information content (AvgIpc) is 2.99. The number of aromatic nitrogens is 2. The normalized spacial score (nSPS) is 14.5. The number of fused-ring (bicyclic) bond motifs is 1. The minimum absolute atomic E-state index is 0.0336. The van der Waals surface area contributed by atoms with Gasteiger partial charge in [-0.1, -0.05) is 25.7 Å². The minimum Gasteiger partial charge on any atom is -0.480 e. The van der Waals surface area contributed by atoms with Crippen LogP contribution >= 0.6 is 0 Å². The lowest BCUT2D eigenvalue weighted by molar-refractivity contribution is -0.175. The summed E-state index contributed by atoms with van der Waals surface area (Å²) in [6.45, 7) is 16.5. The molecule has 0 aliphatic heterocycles. The Morgan fingerprint density at radius 1 is 1.16 bits per heavy atom. The van der Waals surface area contributed by atoms with Gasteiger partial charge in [0.05, 0.1) is 5.52 Å². The van der Waals surface area contributed by atoms with Gasteiger partial charge in [-0.3, -0.25) is 9.59 Å². The van der Waals surface area contributed by atoms with Gasteiger partial charge in [0.15, 0.2) is 5.41 Å². The number of aryl methyl sites for hydroxylation is 1. The second-order valence-corrected chi connectivity index (χ2v) is 16.3. The predicted octanol–water partition coefficient (Wildman–Crippen LogP) is 4.63. The van der Waals surface area contributed by atoms with Crippen LogP contribution in [0.25, 0.3) is 10.9 Å². The Kier molecular flexibility index (Phi) is 7.38. The maximum Gasteiger partial charge on any atom is 0.324 e. The van der Waals surface area contributed by atoms with E-state index >= 15 is 0 Å². The van der Waals surface area contributed by atoms with Crippen LogP contribution < -0.4 is 0 Å². The number of benzene rings is 1. The molecule has 0 aliphatic rings. The van der Waals surface area contributed by atoms with E-state index < -0.39 is 31.0 Å². The van der Waals surface area contributed by atoms with Crippen LogP contribution in [0.4, 0.5) is 0 Å². The number of carboxylic acid groups (broad SMARTS) is 1. The minimum atomic E-state index is -1.68. The predicted molar refractivity (Wildman–Crippen MR) is 124 cm³/mol. The third-order valence-corrected chi connectivity index (χ3v) is 6.71. The Hall–Kier alpha value is -2.19.